The minimum Gasteiger partial charge on any atom is -0.591 e. The molecule has 0 N–H and O–H groups in total. The molecular weight excluding hydrogens is 372 g/mol. The molecule has 1 heterocycles. The van der Waals surface area contributed by atoms with Gasteiger partial charge in [-0.25, -0.2) is 4.79 Å². The van der Waals surface area contributed by atoms with Gasteiger partial charge in [0.05, 0.1) is 11.4 Å². The van der Waals surface area contributed by atoms with Crippen molar-refractivity contribution < 1.29 is 14.1 Å². The van der Waals surface area contributed by atoms with Gasteiger partial charge in [-0.15, -0.1) is 0 Å². The van der Waals surface area contributed by atoms with Gasteiger partial charge in [0.15, 0.2) is 0 Å². The topological polar surface area (TPSA) is 65.0 Å². The summed E-state index contributed by atoms with van der Waals surface area (Å²) in [4.78, 5) is 14.2. The van der Waals surface area contributed by atoms with Gasteiger partial charge in [-0.05, 0) is 57.4 Å². The van der Waals surface area contributed by atoms with Crippen LogP contribution < -0.4 is 4.90 Å². The SMILES string of the molecule is CC(=N[S+]([O-])C(C)(C)C)c1ccc2c(c1)CCN2C(=O)OCc1ccccc1. The lowest BCUT2D eigenvalue weighted by molar-refractivity contribution is 0.147. The first kappa shape index (κ1) is 20.4. The molecule has 1 unspecified atom stereocenters. The van der Waals surface area contributed by atoms with Gasteiger partial charge in [0.2, 0.25) is 0 Å². The maximum absolute atomic E-state index is 12.5. The van der Waals surface area contributed by atoms with E-state index in [0.717, 1.165) is 34.5 Å². The standard InChI is InChI=1S/C22H26N2O3S/c1-16(23-28(26)22(2,3)4)18-10-11-20-19(14-18)12-13-24(20)21(25)27-15-17-8-6-5-7-9-17/h5-11,14H,12-13,15H2,1-4H3. The zero-order valence-corrected chi connectivity index (χ0v) is 17.6. The zero-order valence-electron chi connectivity index (χ0n) is 16.8. The molecule has 0 aromatic heterocycles. The summed E-state index contributed by atoms with van der Waals surface area (Å²) in [7, 11) is 0. The Hall–Kier alpha value is -2.31. The maximum Gasteiger partial charge on any atom is 0.414 e. The van der Waals surface area contributed by atoms with Crippen molar-refractivity contribution in [1.29, 1.82) is 0 Å². The highest BCUT2D eigenvalue weighted by Crippen LogP contribution is 2.30. The van der Waals surface area contributed by atoms with Crippen LogP contribution in [0.15, 0.2) is 52.9 Å². The van der Waals surface area contributed by atoms with Crippen LogP contribution in [0, 0.1) is 0 Å². The Morgan fingerprint density at radius 2 is 1.93 bits per heavy atom. The molecular formula is C22H26N2O3S. The number of nitrogens with zero attached hydrogens (tertiary/aromatic N) is 2. The summed E-state index contributed by atoms with van der Waals surface area (Å²) >= 11 is -1.30. The van der Waals surface area contributed by atoms with Crippen molar-refractivity contribution in [2.24, 2.45) is 4.40 Å². The van der Waals surface area contributed by atoms with Gasteiger partial charge in [0.1, 0.15) is 22.7 Å². The Morgan fingerprint density at radius 1 is 1.21 bits per heavy atom. The molecule has 1 aliphatic rings. The molecule has 28 heavy (non-hydrogen) atoms. The predicted octanol–water partition coefficient (Wildman–Crippen LogP) is 4.66. The van der Waals surface area contributed by atoms with Crippen LogP contribution in [-0.2, 0) is 29.1 Å². The van der Waals surface area contributed by atoms with Gasteiger partial charge in [-0.3, -0.25) is 4.90 Å². The molecule has 1 aliphatic heterocycles. The molecule has 2 aromatic carbocycles. The van der Waals surface area contributed by atoms with E-state index < -0.39 is 16.1 Å². The highest BCUT2D eigenvalue weighted by molar-refractivity contribution is 7.91. The van der Waals surface area contributed by atoms with Crippen molar-refractivity contribution in [3.63, 3.8) is 0 Å². The molecule has 0 bridgehead atoms. The second kappa shape index (κ2) is 8.37. The van der Waals surface area contributed by atoms with Gasteiger partial charge in [0, 0.05) is 12.1 Å². The lowest BCUT2D eigenvalue weighted by Gasteiger charge is -2.19. The molecule has 0 saturated carbocycles. The number of hydrogen-bond donors (Lipinski definition) is 0. The Bertz CT molecular complexity index is 875. The fourth-order valence-corrected chi connectivity index (χ4v) is 3.56. The van der Waals surface area contributed by atoms with E-state index in [-0.39, 0.29) is 12.7 Å². The van der Waals surface area contributed by atoms with E-state index in [4.69, 9.17) is 4.74 Å². The fourth-order valence-electron chi connectivity index (χ4n) is 2.93. The third kappa shape index (κ3) is 4.75. The van der Waals surface area contributed by atoms with Crippen LogP contribution in [0.1, 0.15) is 44.4 Å². The van der Waals surface area contributed by atoms with E-state index in [0.29, 0.717) is 6.54 Å². The Kier molecular flexibility index (Phi) is 6.10. The zero-order chi connectivity index (χ0) is 20.3. The number of fused-ring (bicyclic) bond motifs is 1. The Morgan fingerprint density at radius 3 is 2.61 bits per heavy atom. The summed E-state index contributed by atoms with van der Waals surface area (Å²) in [6.07, 6.45) is 0.425. The van der Waals surface area contributed by atoms with Crippen molar-refractivity contribution >= 4 is 28.9 Å². The Labute approximate surface area is 169 Å². The molecule has 5 nitrogen and oxygen atoms in total. The quantitative estimate of drug-likeness (QED) is 0.556. The predicted molar refractivity (Wildman–Crippen MR) is 114 cm³/mol. The van der Waals surface area contributed by atoms with Crippen LogP contribution >= 0.6 is 0 Å². The van der Waals surface area contributed by atoms with Gasteiger partial charge in [0.25, 0.3) is 0 Å². The minimum atomic E-state index is -1.30. The van der Waals surface area contributed by atoms with Gasteiger partial charge < -0.3 is 9.29 Å². The van der Waals surface area contributed by atoms with Crippen LogP contribution in [0.3, 0.4) is 0 Å². The first-order valence-corrected chi connectivity index (χ1v) is 10.4. The second-order valence-electron chi connectivity index (χ2n) is 7.82. The summed E-state index contributed by atoms with van der Waals surface area (Å²) in [5, 5.41) is 0. The highest BCUT2D eigenvalue weighted by atomic mass is 32.2. The molecule has 0 aliphatic carbocycles. The molecule has 0 fully saturated rings. The third-order valence-corrected chi connectivity index (χ3v) is 6.05. The molecule has 0 radical (unpaired) electrons. The van der Waals surface area contributed by atoms with E-state index in [9.17, 15) is 9.35 Å². The monoisotopic (exact) mass is 398 g/mol. The first-order valence-electron chi connectivity index (χ1n) is 9.34. The highest BCUT2D eigenvalue weighted by Gasteiger charge is 2.28. The van der Waals surface area contributed by atoms with Crippen LogP contribution in [0.2, 0.25) is 0 Å². The summed E-state index contributed by atoms with van der Waals surface area (Å²) in [6.45, 7) is 8.43. The average molecular weight is 399 g/mol. The first-order chi connectivity index (χ1) is 13.3. The molecule has 1 atom stereocenters. The van der Waals surface area contributed by atoms with E-state index in [1.54, 1.807) is 4.90 Å². The van der Waals surface area contributed by atoms with Crippen LogP contribution in [0.5, 0.6) is 0 Å². The summed E-state index contributed by atoms with van der Waals surface area (Å²) < 4.78 is 21.7. The second-order valence-corrected chi connectivity index (χ2v) is 9.73. The number of anilines is 1. The number of carbonyl (C=O) groups is 1. The smallest absolute Gasteiger partial charge is 0.414 e. The van der Waals surface area contributed by atoms with Crippen LogP contribution in [0.25, 0.3) is 0 Å². The molecule has 1 amide bonds. The average Bonchev–Trinajstić information content (AvgIpc) is 3.09. The number of benzene rings is 2. The lowest BCUT2D eigenvalue weighted by Crippen LogP contribution is -2.29. The van der Waals surface area contributed by atoms with Crippen molar-refractivity contribution in [2.45, 2.75) is 45.5 Å². The summed E-state index contributed by atoms with van der Waals surface area (Å²) in [5.41, 5.74) is 4.57. The van der Waals surface area contributed by atoms with Crippen LogP contribution in [0.4, 0.5) is 10.5 Å². The van der Waals surface area contributed by atoms with Crippen molar-refractivity contribution in [3.8, 4) is 0 Å². The largest absolute Gasteiger partial charge is 0.591 e. The molecule has 6 heteroatoms. The Balaban J connectivity index is 1.70. The lowest BCUT2D eigenvalue weighted by atomic mass is 10.1. The van der Waals surface area contributed by atoms with Crippen LogP contribution in [-0.4, -0.2) is 27.6 Å². The van der Waals surface area contributed by atoms with Crippen molar-refractivity contribution in [3.05, 3.63) is 65.2 Å². The maximum atomic E-state index is 12.5. The van der Waals surface area contributed by atoms with Gasteiger partial charge in [-0.2, -0.15) is 0 Å². The molecule has 3 rings (SSSR count). The third-order valence-electron chi connectivity index (χ3n) is 4.56. The number of amides is 1. The summed E-state index contributed by atoms with van der Waals surface area (Å²) in [6, 6.07) is 15.5. The molecule has 0 saturated heterocycles. The number of carbonyl (C=O) groups excluding carboxylic acids is 1. The molecule has 148 valence electrons. The van der Waals surface area contributed by atoms with E-state index in [1.807, 2.05) is 76.2 Å². The van der Waals surface area contributed by atoms with Gasteiger partial charge >= 0.3 is 6.09 Å². The normalized spacial score (nSPS) is 15.3. The van der Waals surface area contributed by atoms with Crippen molar-refractivity contribution in [1.82, 2.24) is 0 Å². The number of hydrogen-bond acceptors (Lipinski definition) is 4. The van der Waals surface area contributed by atoms with E-state index >= 15 is 0 Å². The summed E-state index contributed by atoms with van der Waals surface area (Å²) in [5.74, 6) is 0. The van der Waals surface area contributed by atoms with E-state index in [1.165, 1.54) is 0 Å². The minimum absolute atomic E-state index is 0.258. The van der Waals surface area contributed by atoms with E-state index in [2.05, 4.69) is 4.40 Å². The fraction of sp³-hybridized carbons (Fsp3) is 0.364. The molecule has 0 spiro atoms. The van der Waals surface area contributed by atoms with Crippen molar-refractivity contribution in [2.75, 3.05) is 11.4 Å². The molecule has 2 aromatic rings. The number of rotatable bonds is 4. The van der Waals surface area contributed by atoms with Gasteiger partial charge in [-0.1, -0.05) is 40.8 Å². The number of ether oxygens (including phenoxy) is 1.